The lowest BCUT2D eigenvalue weighted by atomic mass is 9.96. The van der Waals surface area contributed by atoms with E-state index >= 15 is 0 Å². The molecule has 136 valence electrons. The predicted molar refractivity (Wildman–Crippen MR) is 101 cm³/mol. The van der Waals surface area contributed by atoms with Crippen molar-refractivity contribution in [3.05, 3.63) is 0 Å². The van der Waals surface area contributed by atoms with Crippen LogP contribution < -0.4 is 0 Å². The summed E-state index contributed by atoms with van der Waals surface area (Å²) in [6, 6.07) is 0. The summed E-state index contributed by atoms with van der Waals surface area (Å²) in [4.78, 5) is 7.79. The summed E-state index contributed by atoms with van der Waals surface area (Å²) >= 11 is 4.56. The van der Waals surface area contributed by atoms with Crippen LogP contribution in [0.4, 0.5) is 0 Å². The van der Waals surface area contributed by atoms with Gasteiger partial charge in [0, 0.05) is 51.2 Å². The Morgan fingerprint density at radius 2 is 1.57 bits per heavy atom. The van der Waals surface area contributed by atoms with Gasteiger partial charge in [-0.05, 0) is 59.0 Å². The number of piperazine rings is 1. The third-order valence-corrected chi connectivity index (χ3v) is 5.56. The average Bonchev–Trinajstić information content (AvgIpc) is 2.53. The Hall–Kier alpha value is 0.190. The summed E-state index contributed by atoms with van der Waals surface area (Å²) in [7, 11) is 0. The fourth-order valence-electron chi connectivity index (χ4n) is 3.68. The first-order valence-corrected chi connectivity index (χ1v) is 10.0. The highest BCUT2D eigenvalue weighted by molar-refractivity contribution is 7.80. The Morgan fingerprint density at radius 3 is 2.13 bits per heavy atom. The zero-order chi connectivity index (χ0) is 16.7. The van der Waals surface area contributed by atoms with E-state index in [0.717, 1.165) is 12.5 Å². The van der Waals surface area contributed by atoms with Crippen LogP contribution in [0.1, 0.15) is 40.0 Å². The summed E-state index contributed by atoms with van der Waals surface area (Å²) in [6.07, 6.45) is 4.22. The van der Waals surface area contributed by atoms with Gasteiger partial charge in [-0.1, -0.05) is 0 Å². The smallest absolute Gasteiger partial charge is 0.0518 e. The standard InChI is InChI=1S/C18H37N3OS/c1-16(2)22-14-4-7-19-10-12-20(13-11-19)15-18-5-8-21(9-6-18)17(3)23/h16-18,23H,4-15H2,1-3H3. The molecule has 23 heavy (non-hydrogen) atoms. The number of hydrogen-bond donors (Lipinski definition) is 1. The number of rotatable bonds is 8. The van der Waals surface area contributed by atoms with Crippen LogP contribution in [0.15, 0.2) is 0 Å². The van der Waals surface area contributed by atoms with Crippen molar-refractivity contribution in [2.75, 3.05) is 59.0 Å². The summed E-state index contributed by atoms with van der Waals surface area (Å²) in [6.45, 7) is 17.2. The molecule has 2 aliphatic rings. The molecule has 0 amide bonds. The van der Waals surface area contributed by atoms with E-state index < -0.39 is 0 Å². The molecule has 0 aromatic heterocycles. The van der Waals surface area contributed by atoms with Gasteiger partial charge in [0.2, 0.25) is 0 Å². The van der Waals surface area contributed by atoms with Crippen LogP contribution in [0.25, 0.3) is 0 Å². The normalized spacial score (nSPS) is 24.4. The highest BCUT2D eigenvalue weighted by Crippen LogP contribution is 2.21. The Balaban J connectivity index is 1.55. The monoisotopic (exact) mass is 343 g/mol. The summed E-state index contributed by atoms with van der Waals surface area (Å²) in [5.74, 6) is 0.893. The van der Waals surface area contributed by atoms with Gasteiger partial charge in [0.05, 0.1) is 6.10 Å². The molecule has 2 aliphatic heterocycles. The van der Waals surface area contributed by atoms with Gasteiger partial charge in [0.25, 0.3) is 0 Å². The lowest BCUT2D eigenvalue weighted by Crippen LogP contribution is -2.49. The molecule has 1 unspecified atom stereocenters. The van der Waals surface area contributed by atoms with Crippen LogP contribution in [-0.4, -0.2) is 85.1 Å². The number of hydrogen-bond acceptors (Lipinski definition) is 5. The fourth-order valence-corrected chi connectivity index (χ4v) is 3.91. The maximum Gasteiger partial charge on any atom is 0.0518 e. The van der Waals surface area contributed by atoms with Crippen LogP contribution in [0.2, 0.25) is 0 Å². The zero-order valence-electron chi connectivity index (χ0n) is 15.4. The topological polar surface area (TPSA) is 19.0 Å². The second-order valence-corrected chi connectivity index (χ2v) is 8.27. The summed E-state index contributed by atoms with van der Waals surface area (Å²) < 4.78 is 5.63. The van der Waals surface area contributed by atoms with Gasteiger partial charge in [-0.3, -0.25) is 4.90 Å². The predicted octanol–water partition coefficient (Wildman–Crippen LogP) is 2.41. The highest BCUT2D eigenvalue weighted by Gasteiger charge is 2.24. The van der Waals surface area contributed by atoms with Crippen LogP contribution in [0, 0.1) is 5.92 Å². The van der Waals surface area contributed by atoms with Crippen molar-refractivity contribution in [3.63, 3.8) is 0 Å². The Morgan fingerprint density at radius 1 is 0.957 bits per heavy atom. The summed E-state index contributed by atoms with van der Waals surface area (Å²) in [5, 5.41) is 0.416. The number of ether oxygens (including phenoxy) is 1. The van der Waals surface area contributed by atoms with Crippen LogP contribution in [0.5, 0.6) is 0 Å². The number of piperidine rings is 1. The van der Waals surface area contributed by atoms with E-state index in [9.17, 15) is 0 Å². The summed E-state index contributed by atoms with van der Waals surface area (Å²) in [5.41, 5.74) is 0. The third kappa shape index (κ3) is 7.30. The molecule has 2 rings (SSSR count). The molecule has 0 N–H and O–H groups in total. The maximum atomic E-state index is 5.63. The molecule has 0 radical (unpaired) electrons. The van der Waals surface area contributed by atoms with Gasteiger partial charge >= 0.3 is 0 Å². The van der Waals surface area contributed by atoms with Crippen LogP contribution in [-0.2, 0) is 4.74 Å². The van der Waals surface area contributed by atoms with E-state index in [-0.39, 0.29) is 0 Å². The average molecular weight is 344 g/mol. The van der Waals surface area contributed by atoms with Gasteiger partial charge in [0.1, 0.15) is 0 Å². The van der Waals surface area contributed by atoms with Crippen molar-refractivity contribution in [2.45, 2.75) is 51.5 Å². The quantitative estimate of drug-likeness (QED) is 0.539. The fraction of sp³-hybridized carbons (Fsp3) is 1.00. The SMILES string of the molecule is CC(C)OCCCN1CCN(CC2CCN(C(C)S)CC2)CC1. The van der Waals surface area contributed by atoms with Crippen molar-refractivity contribution in [3.8, 4) is 0 Å². The molecule has 0 bridgehead atoms. The molecule has 0 saturated carbocycles. The van der Waals surface area contributed by atoms with Crippen molar-refractivity contribution in [1.29, 1.82) is 0 Å². The van der Waals surface area contributed by atoms with Crippen molar-refractivity contribution >= 4 is 12.6 Å². The first-order chi connectivity index (χ1) is 11.0. The van der Waals surface area contributed by atoms with E-state index in [2.05, 4.69) is 48.1 Å². The highest BCUT2D eigenvalue weighted by atomic mass is 32.1. The minimum absolute atomic E-state index is 0.365. The van der Waals surface area contributed by atoms with E-state index in [0.29, 0.717) is 11.5 Å². The molecule has 5 heteroatoms. The lowest BCUT2D eigenvalue weighted by molar-refractivity contribution is 0.0596. The molecule has 1 atom stereocenters. The molecule has 2 heterocycles. The van der Waals surface area contributed by atoms with Crippen molar-refractivity contribution in [1.82, 2.24) is 14.7 Å². The number of nitrogens with zero attached hydrogens (tertiary/aromatic N) is 3. The van der Waals surface area contributed by atoms with E-state index in [1.807, 2.05) is 0 Å². The number of thiol groups is 1. The minimum atomic E-state index is 0.365. The lowest BCUT2D eigenvalue weighted by Gasteiger charge is -2.39. The van der Waals surface area contributed by atoms with Crippen molar-refractivity contribution < 1.29 is 4.74 Å². The number of likely N-dealkylation sites (tertiary alicyclic amines) is 1. The second kappa shape index (κ2) is 10.2. The molecular formula is C18H37N3OS. The molecule has 0 aromatic rings. The third-order valence-electron chi connectivity index (χ3n) is 5.23. The zero-order valence-corrected chi connectivity index (χ0v) is 16.3. The van der Waals surface area contributed by atoms with Gasteiger partial charge < -0.3 is 14.5 Å². The molecule has 0 spiro atoms. The van der Waals surface area contributed by atoms with Crippen molar-refractivity contribution in [2.24, 2.45) is 5.92 Å². The Labute approximate surface area is 148 Å². The van der Waals surface area contributed by atoms with E-state index in [4.69, 9.17) is 4.74 Å². The molecular weight excluding hydrogens is 306 g/mol. The molecule has 2 fully saturated rings. The molecule has 4 nitrogen and oxygen atoms in total. The second-order valence-electron chi connectivity index (χ2n) is 7.53. The molecule has 0 aromatic carbocycles. The Kier molecular flexibility index (Phi) is 8.69. The van der Waals surface area contributed by atoms with Crippen LogP contribution in [0.3, 0.4) is 0 Å². The minimum Gasteiger partial charge on any atom is -0.379 e. The van der Waals surface area contributed by atoms with E-state index in [1.54, 1.807) is 0 Å². The first-order valence-electron chi connectivity index (χ1n) is 9.53. The van der Waals surface area contributed by atoms with Gasteiger partial charge in [-0.25, -0.2) is 0 Å². The van der Waals surface area contributed by atoms with Gasteiger partial charge in [0.15, 0.2) is 0 Å². The van der Waals surface area contributed by atoms with Gasteiger partial charge in [-0.2, -0.15) is 12.6 Å². The van der Waals surface area contributed by atoms with Gasteiger partial charge in [-0.15, -0.1) is 0 Å². The Bertz CT molecular complexity index is 311. The molecule has 2 saturated heterocycles. The van der Waals surface area contributed by atoms with E-state index in [1.165, 1.54) is 71.6 Å². The first kappa shape index (κ1) is 19.5. The maximum absolute atomic E-state index is 5.63. The van der Waals surface area contributed by atoms with Crippen LogP contribution >= 0.6 is 12.6 Å². The molecule has 0 aliphatic carbocycles. The largest absolute Gasteiger partial charge is 0.379 e.